The van der Waals surface area contributed by atoms with Crippen molar-refractivity contribution in [3.8, 4) is 29.1 Å². The standard InChI is InChI=1S/C22H12N4O/c23-13-16-10-11-18(12-17(16)14-24)26-22(27)20-9-5-4-8-19(20)21(25-26)15-6-2-1-3-7-15/h1-12H. The van der Waals surface area contributed by atoms with Gasteiger partial charge in [-0.3, -0.25) is 4.79 Å². The minimum absolute atomic E-state index is 0.207. The molecular weight excluding hydrogens is 336 g/mol. The fourth-order valence-corrected chi connectivity index (χ4v) is 3.03. The van der Waals surface area contributed by atoms with E-state index in [0.717, 1.165) is 10.9 Å². The Labute approximate surface area is 155 Å². The molecule has 0 saturated carbocycles. The largest absolute Gasteiger partial charge is 0.279 e. The molecule has 0 saturated heterocycles. The lowest BCUT2D eigenvalue weighted by Gasteiger charge is -2.11. The van der Waals surface area contributed by atoms with Gasteiger partial charge in [0.05, 0.1) is 27.9 Å². The summed E-state index contributed by atoms with van der Waals surface area (Å²) in [7, 11) is 0. The van der Waals surface area contributed by atoms with Gasteiger partial charge in [-0.1, -0.05) is 48.5 Å². The second-order valence-electron chi connectivity index (χ2n) is 5.93. The number of nitrogens with zero attached hydrogens (tertiary/aromatic N) is 4. The monoisotopic (exact) mass is 348 g/mol. The van der Waals surface area contributed by atoms with Crippen LogP contribution in [0.5, 0.6) is 0 Å². The summed E-state index contributed by atoms with van der Waals surface area (Å²) in [6.07, 6.45) is 0. The van der Waals surface area contributed by atoms with E-state index in [0.29, 0.717) is 16.8 Å². The molecule has 4 aromatic rings. The van der Waals surface area contributed by atoms with Crippen molar-refractivity contribution in [2.45, 2.75) is 0 Å². The molecule has 3 aromatic carbocycles. The third-order valence-electron chi connectivity index (χ3n) is 4.34. The highest BCUT2D eigenvalue weighted by atomic mass is 16.1. The van der Waals surface area contributed by atoms with Crippen LogP contribution in [0.2, 0.25) is 0 Å². The molecule has 0 fully saturated rings. The van der Waals surface area contributed by atoms with Crippen molar-refractivity contribution in [2.75, 3.05) is 0 Å². The van der Waals surface area contributed by atoms with E-state index >= 15 is 0 Å². The van der Waals surface area contributed by atoms with Crippen LogP contribution in [0.3, 0.4) is 0 Å². The normalized spacial score (nSPS) is 10.3. The van der Waals surface area contributed by atoms with Gasteiger partial charge >= 0.3 is 0 Å². The van der Waals surface area contributed by atoms with E-state index in [4.69, 9.17) is 5.26 Å². The lowest BCUT2D eigenvalue weighted by atomic mass is 10.0. The first-order valence-corrected chi connectivity index (χ1v) is 8.25. The van der Waals surface area contributed by atoms with Crippen molar-refractivity contribution < 1.29 is 0 Å². The van der Waals surface area contributed by atoms with E-state index in [9.17, 15) is 10.1 Å². The Balaban J connectivity index is 2.06. The summed E-state index contributed by atoms with van der Waals surface area (Å²) in [5.74, 6) is 0. The molecule has 0 radical (unpaired) electrons. The molecule has 27 heavy (non-hydrogen) atoms. The van der Waals surface area contributed by atoms with Crippen molar-refractivity contribution in [3.05, 3.63) is 94.3 Å². The van der Waals surface area contributed by atoms with Gasteiger partial charge in [-0.25, -0.2) is 0 Å². The fraction of sp³-hybridized carbons (Fsp3) is 0. The molecule has 0 bridgehead atoms. The Kier molecular flexibility index (Phi) is 3.97. The predicted molar refractivity (Wildman–Crippen MR) is 102 cm³/mol. The first kappa shape index (κ1) is 16.3. The van der Waals surface area contributed by atoms with Crippen molar-refractivity contribution in [2.24, 2.45) is 0 Å². The highest BCUT2D eigenvalue weighted by molar-refractivity contribution is 5.93. The second kappa shape index (κ2) is 6.59. The third kappa shape index (κ3) is 2.74. The number of rotatable bonds is 2. The van der Waals surface area contributed by atoms with Crippen LogP contribution < -0.4 is 5.56 Å². The summed E-state index contributed by atoms with van der Waals surface area (Å²) >= 11 is 0. The van der Waals surface area contributed by atoms with Crippen LogP contribution in [0, 0.1) is 22.7 Å². The minimum Gasteiger partial charge on any atom is -0.267 e. The van der Waals surface area contributed by atoms with Crippen molar-refractivity contribution >= 4 is 10.8 Å². The molecule has 0 spiro atoms. The lowest BCUT2D eigenvalue weighted by Crippen LogP contribution is -2.22. The summed E-state index contributed by atoms with van der Waals surface area (Å²) in [6, 6.07) is 25.6. The van der Waals surface area contributed by atoms with Crippen molar-refractivity contribution in [1.29, 1.82) is 10.5 Å². The average molecular weight is 348 g/mol. The molecule has 1 aromatic heterocycles. The lowest BCUT2D eigenvalue weighted by molar-refractivity contribution is 0.825. The van der Waals surface area contributed by atoms with Gasteiger partial charge in [-0.15, -0.1) is 0 Å². The molecule has 0 N–H and O–H groups in total. The van der Waals surface area contributed by atoms with Gasteiger partial charge in [0.15, 0.2) is 0 Å². The molecule has 0 aliphatic heterocycles. The van der Waals surface area contributed by atoms with E-state index in [2.05, 4.69) is 5.10 Å². The SMILES string of the molecule is N#Cc1ccc(-n2nc(-c3ccccc3)c3ccccc3c2=O)cc1C#N. The topological polar surface area (TPSA) is 82.5 Å². The van der Waals surface area contributed by atoms with E-state index in [1.807, 2.05) is 60.7 Å². The Morgan fingerprint density at radius 3 is 2.15 bits per heavy atom. The number of fused-ring (bicyclic) bond motifs is 1. The first-order chi connectivity index (χ1) is 13.2. The molecule has 0 aliphatic carbocycles. The predicted octanol–water partition coefficient (Wildman–Crippen LogP) is 3.80. The molecule has 1 heterocycles. The minimum atomic E-state index is -0.279. The van der Waals surface area contributed by atoms with Crippen LogP contribution in [0.15, 0.2) is 77.6 Å². The Hall–Kier alpha value is -4.22. The highest BCUT2D eigenvalue weighted by Crippen LogP contribution is 2.25. The number of hydrogen-bond donors (Lipinski definition) is 0. The van der Waals surface area contributed by atoms with Gasteiger partial charge in [-0.05, 0) is 24.3 Å². The molecule has 4 rings (SSSR count). The van der Waals surface area contributed by atoms with Crippen LogP contribution in [0.1, 0.15) is 11.1 Å². The van der Waals surface area contributed by atoms with Crippen LogP contribution in [0.25, 0.3) is 27.7 Å². The summed E-state index contributed by atoms with van der Waals surface area (Å²) in [6.45, 7) is 0. The van der Waals surface area contributed by atoms with Crippen LogP contribution >= 0.6 is 0 Å². The van der Waals surface area contributed by atoms with E-state index in [1.165, 1.54) is 16.8 Å². The molecule has 5 nitrogen and oxygen atoms in total. The Morgan fingerprint density at radius 1 is 0.778 bits per heavy atom. The first-order valence-electron chi connectivity index (χ1n) is 8.25. The summed E-state index contributed by atoms with van der Waals surface area (Å²) in [5.41, 5.74) is 2.19. The summed E-state index contributed by atoms with van der Waals surface area (Å²) in [4.78, 5) is 13.0. The molecule has 5 heteroatoms. The van der Waals surface area contributed by atoms with Gasteiger partial charge in [0.2, 0.25) is 0 Å². The quantitative estimate of drug-likeness (QED) is 0.552. The number of benzene rings is 3. The van der Waals surface area contributed by atoms with Gasteiger partial charge in [0.25, 0.3) is 5.56 Å². The molecular formula is C22H12N4O. The zero-order chi connectivity index (χ0) is 18.8. The number of aromatic nitrogens is 2. The van der Waals surface area contributed by atoms with E-state index in [-0.39, 0.29) is 16.7 Å². The van der Waals surface area contributed by atoms with Gasteiger partial charge in [0.1, 0.15) is 12.1 Å². The third-order valence-corrected chi connectivity index (χ3v) is 4.34. The Bertz CT molecular complexity index is 1310. The van der Waals surface area contributed by atoms with E-state index in [1.54, 1.807) is 12.1 Å². The maximum Gasteiger partial charge on any atom is 0.279 e. The van der Waals surface area contributed by atoms with Crippen molar-refractivity contribution in [3.63, 3.8) is 0 Å². The van der Waals surface area contributed by atoms with Gasteiger partial charge < -0.3 is 0 Å². The number of nitriles is 2. The fourth-order valence-electron chi connectivity index (χ4n) is 3.03. The number of hydrogen-bond acceptors (Lipinski definition) is 4. The second-order valence-corrected chi connectivity index (χ2v) is 5.93. The summed E-state index contributed by atoms with van der Waals surface area (Å²) < 4.78 is 1.28. The molecule has 126 valence electrons. The summed E-state index contributed by atoms with van der Waals surface area (Å²) in [5, 5.41) is 24.3. The van der Waals surface area contributed by atoms with Crippen LogP contribution in [0.4, 0.5) is 0 Å². The molecule has 0 unspecified atom stereocenters. The van der Waals surface area contributed by atoms with Gasteiger partial charge in [0, 0.05) is 10.9 Å². The van der Waals surface area contributed by atoms with Crippen LogP contribution in [-0.2, 0) is 0 Å². The maximum atomic E-state index is 13.0. The van der Waals surface area contributed by atoms with E-state index < -0.39 is 0 Å². The van der Waals surface area contributed by atoms with Crippen LogP contribution in [-0.4, -0.2) is 9.78 Å². The maximum absolute atomic E-state index is 13.0. The average Bonchev–Trinajstić information content (AvgIpc) is 2.74. The molecule has 0 amide bonds. The van der Waals surface area contributed by atoms with Gasteiger partial charge in [-0.2, -0.15) is 20.3 Å². The van der Waals surface area contributed by atoms with Crippen molar-refractivity contribution in [1.82, 2.24) is 9.78 Å². The smallest absolute Gasteiger partial charge is 0.267 e. The zero-order valence-electron chi connectivity index (χ0n) is 14.1. The molecule has 0 aliphatic rings. The molecule has 0 atom stereocenters. The highest BCUT2D eigenvalue weighted by Gasteiger charge is 2.14. The zero-order valence-corrected chi connectivity index (χ0v) is 14.1. The Morgan fingerprint density at radius 2 is 1.44 bits per heavy atom.